The molecule has 0 saturated carbocycles. The monoisotopic (exact) mass is 374 g/mol. The van der Waals surface area contributed by atoms with Crippen LogP contribution in [0.25, 0.3) is 33.3 Å². The van der Waals surface area contributed by atoms with E-state index >= 15 is 0 Å². The first-order valence-corrected chi connectivity index (χ1v) is 9.59. The lowest BCUT2D eigenvalue weighted by Gasteiger charge is -2.29. The fraction of sp³-hybridized carbons (Fsp3) is 0.333. The minimum atomic E-state index is -0.145. The van der Waals surface area contributed by atoms with Gasteiger partial charge in [0, 0.05) is 30.4 Å². The van der Waals surface area contributed by atoms with Crippen molar-refractivity contribution in [3.8, 4) is 11.4 Å². The van der Waals surface area contributed by atoms with Gasteiger partial charge in [0.2, 0.25) is 0 Å². The molecule has 28 heavy (non-hydrogen) atoms. The fourth-order valence-corrected chi connectivity index (χ4v) is 4.04. The number of aryl methyl sites for hydroxylation is 1. The number of aromatic amines is 1. The minimum absolute atomic E-state index is 0.145. The summed E-state index contributed by atoms with van der Waals surface area (Å²) in [6.07, 6.45) is 6.03. The van der Waals surface area contributed by atoms with E-state index in [1.54, 1.807) is 4.68 Å². The molecule has 4 heterocycles. The first kappa shape index (κ1) is 17.1. The van der Waals surface area contributed by atoms with E-state index in [0.717, 1.165) is 48.0 Å². The van der Waals surface area contributed by atoms with Crippen molar-refractivity contribution in [3.63, 3.8) is 0 Å². The van der Waals surface area contributed by atoms with E-state index in [1.165, 1.54) is 0 Å². The van der Waals surface area contributed by atoms with Crippen LogP contribution in [-0.4, -0.2) is 49.8 Å². The molecule has 1 aromatic carbocycles. The Kier molecular flexibility index (Phi) is 3.98. The maximum Gasteiger partial charge on any atom is 0.260 e. The van der Waals surface area contributed by atoms with Gasteiger partial charge >= 0.3 is 0 Å². The van der Waals surface area contributed by atoms with Crippen molar-refractivity contribution in [2.45, 2.75) is 18.8 Å². The van der Waals surface area contributed by atoms with E-state index in [4.69, 9.17) is 0 Å². The predicted octanol–water partition coefficient (Wildman–Crippen LogP) is 2.68. The van der Waals surface area contributed by atoms with E-state index in [2.05, 4.69) is 32.0 Å². The number of fused-ring (bicyclic) bond motifs is 2. The van der Waals surface area contributed by atoms with Gasteiger partial charge in [0.05, 0.1) is 10.9 Å². The molecule has 7 heteroatoms. The SMILES string of the molecule is CN1CCC(c2cnc3nc(-c4ccc5nn(C)cc5c4)[nH]c(=O)c3c2)CC1. The molecule has 1 N–H and O–H groups in total. The van der Waals surface area contributed by atoms with Gasteiger partial charge in [0.15, 0.2) is 5.65 Å². The Morgan fingerprint density at radius 1 is 1.14 bits per heavy atom. The first-order valence-electron chi connectivity index (χ1n) is 9.59. The average molecular weight is 374 g/mol. The predicted molar refractivity (Wildman–Crippen MR) is 109 cm³/mol. The van der Waals surface area contributed by atoms with E-state index < -0.39 is 0 Å². The van der Waals surface area contributed by atoms with Crippen LogP contribution in [0.4, 0.5) is 0 Å². The van der Waals surface area contributed by atoms with Crippen LogP contribution >= 0.6 is 0 Å². The van der Waals surface area contributed by atoms with Crippen LogP contribution in [-0.2, 0) is 7.05 Å². The number of aromatic nitrogens is 5. The third-order valence-corrected chi connectivity index (χ3v) is 5.66. The number of hydrogen-bond donors (Lipinski definition) is 1. The van der Waals surface area contributed by atoms with Crippen LogP contribution < -0.4 is 5.56 Å². The second-order valence-corrected chi connectivity index (χ2v) is 7.71. The molecule has 0 aliphatic carbocycles. The molecule has 7 nitrogen and oxygen atoms in total. The smallest absolute Gasteiger partial charge is 0.260 e. The van der Waals surface area contributed by atoms with Crippen LogP contribution in [0.1, 0.15) is 24.3 Å². The zero-order chi connectivity index (χ0) is 19.3. The molecule has 5 rings (SSSR count). The Balaban J connectivity index is 1.54. The quantitative estimate of drug-likeness (QED) is 0.584. The van der Waals surface area contributed by atoms with Gasteiger partial charge in [-0.1, -0.05) is 0 Å². The van der Waals surface area contributed by atoms with Crippen molar-refractivity contribution in [1.29, 1.82) is 0 Å². The van der Waals surface area contributed by atoms with E-state index in [9.17, 15) is 4.79 Å². The van der Waals surface area contributed by atoms with Crippen LogP contribution in [0.3, 0.4) is 0 Å². The highest BCUT2D eigenvalue weighted by Crippen LogP contribution is 2.28. The molecular weight excluding hydrogens is 352 g/mol. The molecule has 1 saturated heterocycles. The molecule has 0 atom stereocenters. The van der Waals surface area contributed by atoms with Crippen molar-refractivity contribution in [3.05, 3.63) is 52.6 Å². The highest BCUT2D eigenvalue weighted by molar-refractivity contribution is 5.84. The van der Waals surface area contributed by atoms with Gasteiger partial charge in [-0.15, -0.1) is 0 Å². The summed E-state index contributed by atoms with van der Waals surface area (Å²) in [7, 11) is 4.04. The summed E-state index contributed by atoms with van der Waals surface area (Å²) in [5.74, 6) is 0.989. The van der Waals surface area contributed by atoms with E-state index in [1.807, 2.05) is 43.7 Å². The molecule has 0 spiro atoms. The zero-order valence-electron chi connectivity index (χ0n) is 16.0. The molecule has 0 amide bonds. The fourth-order valence-electron chi connectivity index (χ4n) is 4.04. The zero-order valence-corrected chi connectivity index (χ0v) is 16.0. The number of pyridine rings is 1. The largest absolute Gasteiger partial charge is 0.306 e. The van der Waals surface area contributed by atoms with Crippen molar-refractivity contribution < 1.29 is 0 Å². The molecule has 1 fully saturated rings. The van der Waals surface area contributed by atoms with Crippen LogP contribution in [0, 0.1) is 0 Å². The molecule has 4 aromatic rings. The van der Waals surface area contributed by atoms with Crippen molar-refractivity contribution in [2.24, 2.45) is 7.05 Å². The number of nitrogens with zero attached hydrogens (tertiary/aromatic N) is 5. The Labute approximate surface area is 162 Å². The van der Waals surface area contributed by atoms with Crippen LogP contribution in [0.15, 0.2) is 41.5 Å². The Hall–Kier alpha value is -3.06. The summed E-state index contributed by atoms with van der Waals surface area (Å²) in [4.78, 5) is 27.2. The van der Waals surface area contributed by atoms with Crippen LogP contribution in [0.2, 0.25) is 0 Å². The van der Waals surface area contributed by atoms with Crippen LogP contribution in [0.5, 0.6) is 0 Å². The maximum atomic E-state index is 12.8. The van der Waals surface area contributed by atoms with Gasteiger partial charge in [-0.2, -0.15) is 5.10 Å². The molecule has 1 aliphatic rings. The number of rotatable bonds is 2. The molecule has 0 radical (unpaired) electrons. The van der Waals surface area contributed by atoms with Gasteiger partial charge in [-0.05, 0) is 68.7 Å². The Morgan fingerprint density at radius 3 is 2.79 bits per heavy atom. The van der Waals surface area contributed by atoms with Crippen molar-refractivity contribution in [1.82, 2.24) is 29.6 Å². The molecule has 3 aromatic heterocycles. The summed E-state index contributed by atoms with van der Waals surface area (Å²) in [5.41, 5.74) is 3.24. The summed E-state index contributed by atoms with van der Waals surface area (Å²) in [6, 6.07) is 7.81. The Morgan fingerprint density at radius 2 is 1.96 bits per heavy atom. The second-order valence-electron chi connectivity index (χ2n) is 7.71. The standard InChI is InChI=1S/C21H22N6O/c1-26-7-5-13(6-8-26)15-10-17-20(22-11-15)23-19(24-21(17)28)14-3-4-18-16(9-14)12-27(2)25-18/h3-4,9-13H,5-8H2,1-2H3,(H,22,23,24,28). The van der Waals surface area contributed by atoms with E-state index in [-0.39, 0.29) is 5.56 Å². The van der Waals surface area contributed by atoms with E-state index in [0.29, 0.717) is 22.8 Å². The van der Waals surface area contributed by atoms with Crippen molar-refractivity contribution >= 4 is 21.9 Å². The number of benzene rings is 1. The van der Waals surface area contributed by atoms with Gasteiger partial charge in [0.25, 0.3) is 5.56 Å². The summed E-state index contributed by atoms with van der Waals surface area (Å²) < 4.78 is 1.77. The molecular formula is C21H22N6O. The summed E-state index contributed by atoms with van der Waals surface area (Å²) in [5, 5.41) is 5.95. The minimum Gasteiger partial charge on any atom is -0.306 e. The van der Waals surface area contributed by atoms with Gasteiger partial charge < -0.3 is 9.88 Å². The number of hydrogen-bond acceptors (Lipinski definition) is 5. The molecule has 142 valence electrons. The van der Waals surface area contributed by atoms with Gasteiger partial charge in [-0.3, -0.25) is 9.48 Å². The lowest BCUT2D eigenvalue weighted by atomic mass is 9.90. The third-order valence-electron chi connectivity index (χ3n) is 5.66. The summed E-state index contributed by atoms with van der Waals surface area (Å²) in [6.45, 7) is 2.15. The number of H-pyrrole nitrogens is 1. The van der Waals surface area contributed by atoms with Gasteiger partial charge in [0.1, 0.15) is 5.82 Å². The average Bonchev–Trinajstić information content (AvgIpc) is 3.07. The third kappa shape index (κ3) is 2.97. The maximum absolute atomic E-state index is 12.8. The number of nitrogens with one attached hydrogen (secondary N) is 1. The highest BCUT2D eigenvalue weighted by atomic mass is 16.1. The first-order chi connectivity index (χ1) is 13.6. The Bertz CT molecular complexity index is 1230. The van der Waals surface area contributed by atoms with Crippen molar-refractivity contribution in [2.75, 3.05) is 20.1 Å². The normalized spacial score (nSPS) is 16.2. The number of likely N-dealkylation sites (tertiary alicyclic amines) is 1. The van der Waals surface area contributed by atoms with Gasteiger partial charge in [-0.25, -0.2) is 9.97 Å². The molecule has 1 aliphatic heterocycles. The second kappa shape index (κ2) is 6.53. The summed E-state index contributed by atoms with van der Waals surface area (Å²) >= 11 is 0. The lowest BCUT2D eigenvalue weighted by molar-refractivity contribution is 0.255. The lowest BCUT2D eigenvalue weighted by Crippen LogP contribution is -2.29. The topological polar surface area (TPSA) is 79.7 Å². The highest BCUT2D eigenvalue weighted by Gasteiger charge is 2.20. The molecule has 0 bridgehead atoms. The molecule has 0 unspecified atom stereocenters. The number of piperidine rings is 1.